The lowest BCUT2D eigenvalue weighted by Gasteiger charge is -2.32. The first kappa shape index (κ1) is 23.2. The van der Waals surface area contributed by atoms with Crippen LogP contribution in [-0.4, -0.2) is 0 Å². The van der Waals surface area contributed by atoms with E-state index in [1.54, 1.807) is 0 Å². The van der Waals surface area contributed by atoms with Crippen LogP contribution in [0.25, 0.3) is 75.4 Å². The highest BCUT2D eigenvalue weighted by molar-refractivity contribution is 6.50. The lowest BCUT2D eigenvalue weighted by Crippen LogP contribution is -2.13. The standard InChI is InChI=1S/C42H27N/c1-24-19-21-28(22-20-24)43(35-18-4-3-9-25(35)2)42-33-16-7-14-31-29-12-5-10-26-23-27-11-6-13-30-32-15-8-17-34(42)39(32)41(38(31)33)40(36(26)29)37(27)30/h3-23H,1-2H3. The first-order chi connectivity index (χ1) is 21.2. The Kier molecular flexibility index (Phi) is 4.38. The topological polar surface area (TPSA) is 3.24 Å². The molecular formula is C42H27N. The van der Waals surface area contributed by atoms with Crippen LogP contribution in [0.15, 0.2) is 127 Å². The predicted octanol–water partition coefficient (Wildman–Crippen LogP) is 12.2. The van der Waals surface area contributed by atoms with E-state index >= 15 is 0 Å². The van der Waals surface area contributed by atoms with Gasteiger partial charge < -0.3 is 4.90 Å². The van der Waals surface area contributed by atoms with E-state index in [-0.39, 0.29) is 0 Å². The number of para-hydroxylation sites is 1. The second kappa shape index (κ2) is 8.12. The zero-order valence-corrected chi connectivity index (χ0v) is 24.1. The third kappa shape index (κ3) is 2.87. The molecule has 0 N–H and O–H groups in total. The third-order valence-corrected chi connectivity index (χ3v) is 9.85. The van der Waals surface area contributed by atoms with Crippen molar-refractivity contribution >= 4 is 92.5 Å². The number of aryl methyl sites for hydroxylation is 2. The minimum Gasteiger partial charge on any atom is -0.309 e. The van der Waals surface area contributed by atoms with Gasteiger partial charge >= 0.3 is 0 Å². The van der Waals surface area contributed by atoms with Crippen LogP contribution in [0.2, 0.25) is 0 Å². The first-order valence-electron chi connectivity index (χ1n) is 15.1. The van der Waals surface area contributed by atoms with Gasteiger partial charge in [-0.25, -0.2) is 0 Å². The number of anilines is 3. The zero-order chi connectivity index (χ0) is 28.4. The maximum Gasteiger partial charge on any atom is 0.0619 e. The SMILES string of the molecule is Cc1ccc(N(c2ccccc2C)c2c3cccc4c5cccc6cc7cccc8c9cccc2c9c(c34)c(c65)c78)cc1. The number of fused-ring (bicyclic) bond motifs is 2. The Labute approximate surface area is 249 Å². The Balaban J connectivity index is 1.53. The summed E-state index contributed by atoms with van der Waals surface area (Å²) in [7, 11) is 0. The quantitative estimate of drug-likeness (QED) is 0.158. The van der Waals surface area contributed by atoms with Crippen LogP contribution < -0.4 is 4.90 Å². The minimum atomic E-state index is 1.17. The van der Waals surface area contributed by atoms with Gasteiger partial charge in [0, 0.05) is 38.3 Å². The second-order valence-corrected chi connectivity index (χ2v) is 12.2. The molecule has 1 heteroatoms. The summed E-state index contributed by atoms with van der Waals surface area (Å²) >= 11 is 0. The molecule has 1 nitrogen and oxygen atoms in total. The monoisotopic (exact) mass is 545 g/mol. The molecule has 0 aliphatic rings. The molecule has 43 heavy (non-hydrogen) atoms. The largest absolute Gasteiger partial charge is 0.309 e. The molecule has 0 saturated carbocycles. The molecule has 0 unspecified atom stereocenters. The number of benzene rings is 10. The van der Waals surface area contributed by atoms with E-state index in [0.717, 1.165) is 0 Å². The zero-order valence-electron chi connectivity index (χ0n) is 24.1. The average molecular weight is 546 g/mol. The molecular weight excluding hydrogens is 518 g/mol. The van der Waals surface area contributed by atoms with Crippen LogP contribution >= 0.6 is 0 Å². The van der Waals surface area contributed by atoms with E-state index in [2.05, 4.69) is 146 Å². The van der Waals surface area contributed by atoms with Gasteiger partial charge in [0.15, 0.2) is 0 Å². The Morgan fingerprint density at radius 2 is 0.884 bits per heavy atom. The van der Waals surface area contributed by atoms with Crippen LogP contribution in [0.1, 0.15) is 11.1 Å². The normalized spacial score (nSPS) is 12.4. The molecule has 10 aromatic carbocycles. The summed E-state index contributed by atoms with van der Waals surface area (Å²) in [4.78, 5) is 2.51. The van der Waals surface area contributed by atoms with Gasteiger partial charge in [-0.1, -0.05) is 109 Å². The lowest BCUT2D eigenvalue weighted by atomic mass is 9.80. The Bertz CT molecular complexity index is 2550. The molecule has 0 saturated heterocycles. The Morgan fingerprint density at radius 3 is 1.47 bits per heavy atom. The number of nitrogens with zero attached hydrogens (tertiary/aromatic N) is 1. The van der Waals surface area contributed by atoms with Crippen molar-refractivity contribution < 1.29 is 0 Å². The fourth-order valence-electron chi connectivity index (χ4n) is 8.07. The van der Waals surface area contributed by atoms with Crippen molar-refractivity contribution in [3.05, 3.63) is 139 Å². The molecule has 0 bridgehead atoms. The summed E-state index contributed by atoms with van der Waals surface area (Å²) in [5.41, 5.74) is 6.14. The second-order valence-electron chi connectivity index (χ2n) is 12.2. The van der Waals surface area contributed by atoms with Crippen LogP contribution in [0.5, 0.6) is 0 Å². The summed E-state index contributed by atoms with van der Waals surface area (Å²) in [6.07, 6.45) is 0. The minimum absolute atomic E-state index is 1.17. The maximum atomic E-state index is 2.51. The molecule has 0 aliphatic heterocycles. The van der Waals surface area contributed by atoms with Gasteiger partial charge in [-0.15, -0.1) is 0 Å². The maximum absolute atomic E-state index is 2.51. The van der Waals surface area contributed by atoms with Crippen molar-refractivity contribution in [2.24, 2.45) is 0 Å². The van der Waals surface area contributed by atoms with Crippen molar-refractivity contribution in [2.75, 3.05) is 4.90 Å². The highest BCUT2D eigenvalue weighted by Crippen LogP contribution is 2.55. The molecule has 0 spiro atoms. The van der Waals surface area contributed by atoms with Gasteiger partial charge in [0.05, 0.1) is 5.69 Å². The smallest absolute Gasteiger partial charge is 0.0619 e. The summed E-state index contributed by atoms with van der Waals surface area (Å²) in [6.45, 7) is 4.39. The summed E-state index contributed by atoms with van der Waals surface area (Å²) in [6, 6.07) is 47.8. The number of hydrogen-bond acceptors (Lipinski definition) is 1. The van der Waals surface area contributed by atoms with E-state index in [4.69, 9.17) is 0 Å². The van der Waals surface area contributed by atoms with E-state index in [0.29, 0.717) is 0 Å². The van der Waals surface area contributed by atoms with E-state index in [9.17, 15) is 0 Å². The lowest BCUT2D eigenvalue weighted by molar-refractivity contribution is 1.26. The molecule has 0 radical (unpaired) electrons. The van der Waals surface area contributed by atoms with Crippen LogP contribution in [0.3, 0.4) is 0 Å². The fourth-order valence-corrected chi connectivity index (χ4v) is 8.07. The van der Waals surface area contributed by atoms with Crippen LogP contribution in [0, 0.1) is 13.8 Å². The summed E-state index contributed by atoms with van der Waals surface area (Å²) < 4.78 is 0. The molecule has 0 aromatic heterocycles. The van der Waals surface area contributed by atoms with Crippen LogP contribution in [-0.2, 0) is 0 Å². The van der Waals surface area contributed by atoms with Gasteiger partial charge in [0.25, 0.3) is 0 Å². The highest BCUT2D eigenvalue weighted by atomic mass is 15.1. The Hall–Kier alpha value is -5.40. The first-order valence-corrected chi connectivity index (χ1v) is 15.1. The molecule has 200 valence electrons. The predicted molar refractivity (Wildman–Crippen MR) is 187 cm³/mol. The molecule has 0 fully saturated rings. The van der Waals surface area contributed by atoms with Gasteiger partial charge in [-0.05, 0) is 92.2 Å². The molecule has 10 rings (SSSR count). The number of hydrogen-bond donors (Lipinski definition) is 0. The summed E-state index contributed by atoms with van der Waals surface area (Å²) in [5.74, 6) is 0. The number of rotatable bonds is 3. The average Bonchev–Trinajstić information content (AvgIpc) is 3.04. The molecule has 0 amide bonds. The van der Waals surface area contributed by atoms with E-state index in [1.807, 2.05) is 0 Å². The van der Waals surface area contributed by atoms with Crippen molar-refractivity contribution in [2.45, 2.75) is 13.8 Å². The van der Waals surface area contributed by atoms with E-state index in [1.165, 1.54) is 104 Å². The summed E-state index contributed by atoms with van der Waals surface area (Å²) in [5, 5.41) is 18.9. The van der Waals surface area contributed by atoms with Crippen LogP contribution in [0.4, 0.5) is 17.1 Å². The van der Waals surface area contributed by atoms with Crippen molar-refractivity contribution in [3.8, 4) is 0 Å². The molecule has 0 heterocycles. The van der Waals surface area contributed by atoms with Crippen molar-refractivity contribution in [1.29, 1.82) is 0 Å². The third-order valence-electron chi connectivity index (χ3n) is 9.85. The van der Waals surface area contributed by atoms with Gasteiger partial charge in [0.2, 0.25) is 0 Å². The Morgan fingerprint density at radius 1 is 0.395 bits per heavy atom. The van der Waals surface area contributed by atoms with Gasteiger partial charge in [0.1, 0.15) is 0 Å². The van der Waals surface area contributed by atoms with Gasteiger partial charge in [-0.2, -0.15) is 0 Å². The van der Waals surface area contributed by atoms with Crippen molar-refractivity contribution in [3.63, 3.8) is 0 Å². The highest BCUT2D eigenvalue weighted by Gasteiger charge is 2.27. The molecule has 0 aliphatic carbocycles. The van der Waals surface area contributed by atoms with E-state index < -0.39 is 0 Å². The fraction of sp³-hybridized carbons (Fsp3) is 0.0476. The molecule has 10 aromatic rings. The molecule has 0 atom stereocenters. The van der Waals surface area contributed by atoms with Gasteiger partial charge in [-0.3, -0.25) is 0 Å². The van der Waals surface area contributed by atoms with Crippen molar-refractivity contribution in [1.82, 2.24) is 0 Å².